The summed E-state index contributed by atoms with van der Waals surface area (Å²) in [7, 11) is 0. The van der Waals surface area contributed by atoms with Crippen LogP contribution in [0.25, 0.3) is 5.57 Å². The monoisotopic (exact) mass is 472 g/mol. The fourth-order valence-corrected chi connectivity index (χ4v) is 5.15. The molecule has 160 valence electrons. The van der Waals surface area contributed by atoms with Crippen LogP contribution in [0.2, 0.25) is 5.02 Å². The zero-order valence-electron chi connectivity index (χ0n) is 17.0. The van der Waals surface area contributed by atoms with Gasteiger partial charge in [-0.3, -0.25) is 14.5 Å². The molecule has 8 heteroatoms. The molecule has 0 bridgehead atoms. The lowest BCUT2D eigenvalue weighted by molar-refractivity contribution is -0.122. The number of anilines is 1. The molecule has 0 radical (unpaired) electrons. The molecule has 0 aromatic heterocycles. The van der Waals surface area contributed by atoms with Crippen molar-refractivity contribution < 1.29 is 14.3 Å². The third-order valence-electron chi connectivity index (χ3n) is 5.13. The number of thioether (sulfide) groups is 1. The van der Waals surface area contributed by atoms with Crippen LogP contribution in [-0.4, -0.2) is 40.8 Å². The van der Waals surface area contributed by atoms with Crippen LogP contribution in [0, 0.1) is 0 Å². The normalized spacial score (nSPS) is 18.3. The summed E-state index contributed by atoms with van der Waals surface area (Å²) in [5.41, 5.74) is 2.93. The van der Waals surface area contributed by atoms with Gasteiger partial charge in [0.25, 0.3) is 11.8 Å². The van der Waals surface area contributed by atoms with Gasteiger partial charge in [0, 0.05) is 30.3 Å². The summed E-state index contributed by atoms with van der Waals surface area (Å²) in [4.78, 5) is 30.3. The lowest BCUT2D eigenvalue weighted by Gasteiger charge is -2.17. The number of benzene rings is 2. The van der Waals surface area contributed by atoms with Gasteiger partial charge in [-0.1, -0.05) is 65.9 Å². The minimum Gasteiger partial charge on any atom is -0.382 e. The number of para-hydroxylation sites is 1. The number of nitrogens with zero attached hydrogens (tertiary/aromatic N) is 2. The van der Waals surface area contributed by atoms with Crippen molar-refractivity contribution in [3.63, 3.8) is 0 Å². The lowest BCUT2D eigenvalue weighted by atomic mass is 10.1. The van der Waals surface area contributed by atoms with Crippen LogP contribution in [0.4, 0.5) is 5.69 Å². The standard InChI is InChI=1S/C23H21ClN2O3S2/c1-2-29-13-5-12-25-22(28)20(31-23(25)30)19-17-6-3-4-7-18(17)26(21(19)27)14-15-8-10-16(24)11-9-15/h3-4,6-11H,2,5,12-14H2,1H3/b20-19+. The minimum atomic E-state index is -0.210. The van der Waals surface area contributed by atoms with Gasteiger partial charge >= 0.3 is 0 Å². The van der Waals surface area contributed by atoms with Crippen molar-refractivity contribution in [1.29, 1.82) is 0 Å². The molecule has 0 aliphatic carbocycles. The number of hydrogen-bond donors (Lipinski definition) is 0. The minimum absolute atomic E-state index is 0.189. The average molecular weight is 473 g/mol. The number of rotatable bonds is 7. The molecule has 2 heterocycles. The molecule has 0 spiro atoms. The molecular formula is C23H21ClN2O3S2. The third kappa shape index (κ3) is 4.41. The zero-order valence-corrected chi connectivity index (χ0v) is 19.4. The molecule has 0 saturated carbocycles. The van der Waals surface area contributed by atoms with Gasteiger partial charge in [0.05, 0.1) is 22.7 Å². The molecule has 0 atom stereocenters. The van der Waals surface area contributed by atoms with E-state index in [-0.39, 0.29) is 11.8 Å². The summed E-state index contributed by atoms with van der Waals surface area (Å²) in [6.07, 6.45) is 0.691. The number of carbonyl (C=O) groups excluding carboxylic acids is 2. The molecule has 0 N–H and O–H groups in total. The third-order valence-corrected chi connectivity index (χ3v) is 6.83. The maximum absolute atomic E-state index is 13.5. The topological polar surface area (TPSA) is 49.9 Å². The van der Waals surface area contributed by atoms with Crippen molar-refractivity contribution in [2.45, 2.75) is 19.9 Å². The average Bonchev–Trinajstić information content (AvgIpc) is 3.20. The van der Waals surface area contributed by atoms with E-state index in [4.69, 9.17) is 28.6 Å². The maximum Gasteiger partial charge on any atom is 0.267 e. The van der Waals surface area contributed by atoms with Crippen LogP contribution in [0.1, 0.15) is 24.5 Å². The second kappa shape index (κ2) is 9.53. The van der Waals surface area contributed by atoms with E-state index in [0.29, 0.717) is 52.5 Å². The van der Waals surface area contributed by atoms with Gasteiger partial charge in [-0.25, -0.2) is 0 Å². The second-order valence-corrected chi connectivity index (χ2v) is 9.19. The number of carbonyl (C=O) groups is 2. The van der Waals surface area contributed by atoms with Gasteiger partial charge < -0.3 is 9.64 Å². The van der Waals surface area contributed by atoms with Crippen LogP contribution >= 0.6 is 35.6 Å². The Labute approximate surface area is 196 Å². The highest BCUT2D eigenvalue weighted by molar-refractivity contribution is 8.26. The molecule has 2 aliphatic rings. The number of hydrogen-bond acceptors (Lipinski definition) is 5. The first-order chi connectivity index (χ1) is 15.0. The fourth-order valence-electron chi connectivity index (χ4n) is 3.64. The molecule has 5 nitrogen and oxygen atoms in total. The molecule has 4 rings (SSSR count). The summed E-state index contributed by atoms with van der Waals surface area (Å²) in [5.74, 6) is -0.399. The van der Waals surface area contributed by atoms with E-state index in [0.717, 1.165) is 16.8 Å². The Hall–Kier alpha value is -2.19. The van der Waals surface area contributed by atoms with Crippen molar-refractivity contribution >= 4 is 63.0 Å². The summed E-state index contributed by atoms with van der Waals surface area (Å²) in [6.45, 7) is 4.01. The van der Waals surface area contributed by atoms with E-state index in [9.17, 15) is 9.59 Å². The molecule has 31 heavy (non-hydrogen) atoms. The maximum atomic E-state index is 13.5. The highest BCUT2D eigenvalue weighted by Gasteiger charge is 2.41. The predicted molar refractivity (Wildman–Crippen MR) is 129 cm³/mol. The zero-order chi connectivity index (χ0) is 22.0. The number of amides is 2. The predicted octanol–water partition coefficient (Wildman–Crippen LogP) is 4.88. The highest BCUT2D eigenvalue weighted by Crippen LogP contribution is 2.45. The first-order valence-corrected chi connectivity index (χ1v) is 11.6. The Kier molecular flexibility index (Phi) is 6.77. The number of halogens is 1. The van der Waals surface area contributed by atoms with Crippen molar-refractivity contribution in [1.82, 2.24) is 4.90 Å². The summed E-state index contributed by atoms with van der Waals surface area (Å²) >= 11 is 12.6. The van der Waals surface area contributed by atoms with Crippen LogP contribution in [-0.2, 0) is 20.9 Å². The van der Waals surface area contributed by atoms with Crippen LogP contribution in [0.15, 0.2) is 53.4 Å². The molecule has 2 amide bonds. The molecule has 1 saturated heterocycles. The van der Waals surface area contributed by atoms with E-state index in [1.54, 1.807) is 21.9 Å². The Morgan fingerprint density at radius 2 is 1.77 bits per heavy atom. The van der Waals surface area contributed by atoms with Crippen molar-refractivity contribution in [3.8, 4) is 0 Å². The highest BCUT2D eigenvalue weighted by atomic mass is 35.5. The van der Waals surface area contributed by atoms with E-state index in [1.807, 2.05) is 43.3 Å². The first kappa shape index (κ1) is 22.0. The van der Waals surface area contributed by atoms with Gasteiger partial charge in [-0.15, -0.1) is 0 Å². The summed E-state index contributed by atoms with van der Waals surface area (Å²) in [6, 6.07) is 15.0. The van der Waals surface area contributed by atoms with Gasteiger partial charge in [-0.2, -0.15) is 0 Å². The molecular weight excluding hydrogens is 452 g/mol. The van der Waals surface area contributed by atoms with Crippen LogP contribution < -0.4 is 4.90 Å². The van der Waals surface area contributed by atoms with Crippen molar-refractivity contribution in [2.24, 2.45) is 0 Å². The second-order valence-electron chi connectivity index (χ2n) is 7.11. The summed E-state index contributed by atoms with van der Waals surface area (Å²) in [5, 5.41) is 0.644. The Balaban J connectivity index is 1.64. The van der Waals surface area contributed by atoms with Crippen LogP contribution in [0.5, 0.6) is 0 Å². The lowest BCUT2D eigenvalue weighted by Crippen LogP contribution is -2.30. The number of ether oxygens (including phenoxy) is 1. The molecule has 1 fully saturated rings. The smallest absolute Gasteiger partial charge is 0.267 e. The van der Waals surface area contributed by atoms with E-state index in [1.165, 1.54) is 11.8 Å². The largest absolute Gasteiger partial charge is 0.382 e. The van der Waals surface area contributed by atoms with E-state index in [2.05, 4.69) is 0 Å². The Morgan fingerprint density at radius 1 is 1.03 bits per heavy atom. The number of thiocarbonyl (C=S) groups is 1. The van der Waals surface area contributed by atoms with Crippen LogP contribution in [0.3, 0.4) is 0 Å². The SMILES string of the molecule is CCOCCCN1C(=O)/C(=C2\C(=O)N(Cc3ccc(Cl)cc3)c3ccccc32)SC1=S. The van der Waals surface area contributed by atoms with Gasteiger partial charge in [0.2, 0.25) is 0 Å². The van der Waals surface area contributed by atoms with Gasteiger partial charge in [-0.05, 0) is 37.1 Å². The molecule has 2 aliphatic heterocycles. The van der Waals surface area contributed by atoms with Crippen molar-refractivity contribution in [3.05, 3.63) is 69.6 Å². The summed E-state index contributed by atoms with van der Waals surface area (Å²) < 4.78 is 5.84. The molecule has 0 unspecified atom stereocenters. The Bertz CT molecular complexity index is 1070. The van der Waals surface area contributed by atoms with Crippen molar-refractivity contribution in [2.75, 3.05) is 24.7 Å². The Morgan fingerprint density at radius 3 is 2.52 bits per heavy atom. The van der Waals surface area contributed by atoms with Gasteiger partial charge in [0.1, 0.15) is 4.32 Å². The van der Waals surface area contributed by atoms with Gasteiger partial charge in [0.15, 0.2) is 0 Å². The van der Waals surface area contributed by atoms with E-state index >= 15 is 0 Å². The molecule has 2 aromatic rings. The van der Waals surface area contributed by atoms with E-state index < -0.39 is 0 Å². The fraction of sp³-hybridized carbons (Fsp3) is 0.261. The molecule has 2 aromatic carbocycles. The quantitative estimate of drug-likeness (QED) is 0.326. The first-order valence-electron chi connectivity index (χ1n) is 10.0. The number of fused-ring (bicyclic) bond motifs is 1.